The van der Waals surface area contributed by atoms with E-state index in [4.69, 9.17) is 6.42 Å². The van der Waals surface area contributed by atoms with Crippen LogP contribution in [0.25, 0.3) is 0 Å². The van der Waals surface area contributed by atoms with E-state index in [9.17, 15) is 0 Å². The molecule has 0 bridgehead atoms. The molecular formula is C11H13BrN2. The third-order valence-corrected chi connectivity index (χ3v) is 2.27. The minimum Gasteiger partial charge on any atom is -0.308 e. The van der Waals surface area contributed by atoms with Crippen LogP contribution < -0.4 is 5.32 Å². The van der Waals surface area contributed by atoms with E-state index in [0.717, 1.165) is 23.3 Å². The number of halogens is 1. The molecule has 0 spiro atoms. The average molecular weight is 253 g/mol. The Morgan fingerprint density at radius 1 is 1.64 bits per heavy atom. The molecule has 1 aromatic rings. The molecule has 0 aromatic carbocycles. The normalized spacial score (nSPS) is 12.1. The van der Waals surface area contributed by atoms with E-state index >= 15 is 0 Å². The fourth-order valence-electron chi connectivity index (χ4n) is 1.08. The quantitative estimate of drug-likeness (QED) is 0.658. The van der Waals surface area contributed by atoms with Crippen molar-refractivity contribution in [3.8, 4) is 12.3 Å². The third-order valence-electron chi connectivity index (χ3n) is 1.83. The van der Waals surface area contributed by atoms with Gasteiger partial charge in [0.1, 0.15) is 4.60 Å². The van der Waals surface area contributed by atoms with E-state index < -0.39 is 0 Å². The number of hydrogen-bond acceptors (Lipinski definition) is 2. The number of hydrogen-bond donors (Lipinski definition) is 1. The second kappa shape index (κ2) is 5.79. The average Bonchev–Trinajstić information content (AvgIpc) is 2.15. The van der Waals surface area contributed by atoms with Gasteiger partial charge >= 0.3 is 0 Å². The predicted octanol–water partition coefficient (Wildman–Crippen LogP) is 2.35. The Bertz CT molecular complexity index is 330. The Kier molecular flexibility index (Phi) is 4.64. The lowest BCUT2D eigenvalue weighted by Gasteiger charge is -2.09. The Hall–Kier alpha value is -0.850. The fraction of sp³-hybridized carbons (Fsp3) is 0.364. The summed E-state index contributed by atoms with van der Waals surface area (Å²) in [5.41, 5.74) is 1.02. The first kappa shape index (κ1) is 11.2. The van der Waals surface area contributed by atoms with Crippen molar-refractivity contribution >= 4 is 15.9 Å². The van der Waals surface area contributed by atoms with Crippen molar-refractivity contribution in [1.82, 2.24) is 10.3 Å². The molecule has 0 aliphatic heterocycles. The maximum atomic E-state index is 5.21. The smallest absolute Gasteiger partial charge is 0.106 e. The van der Waals surface area contributed by atoms with E-state index in [2.05, 4.69) is 39.1 Å². The molecule has 1 N–H and O–H groups in total. The van der Waals surface area contributed by atoms with Crippen molar-refractivity contribution in [2.45, 2.75) is 25.9 Å². The number of pyridine rings is 1. The molecule has 1 rings (SSSR count). The summed E-state index contributed by atoms with van der Waals surface area (Å²) in [6.45, 7) is 2.82. The SMILES string of the molecule is C#CCC(C)NCc1cccc(Br)n1. The van der Waals surface area contributed by atoms with Gasteiger partial charge in [0.15, 0.2) is 0 Å². The Balaban J connectivity index is 2.42. The molecule has 1 aromatic heterocycles. The van der Waals surface area contributed by atoms with Gasteiger partial charge in [-0.05, 0) is 35.0 Å². The molecule has 2 nitrogen and oxygen atoms in total. The summed E-state index contributed by atoms with van der Waals surface area (Å²) in [6, 6.07) is 6.20. The maximum Gasteiger partial charge on any atom is 0.106 e. The van der Waals surface area contributed by atoms with E-state index in [1.165, 1.54) is 0 Å². The van der Waals surface area contributed by atoms with Gasteiger partial charge in [-0.2, -0.15) is 0 Å². The third kappa shape index (κ3) is 3.91. The molecule has 0 radical (unpaired) electrons. The molecule has 0 saturated carbocycles. The zero-order chi connectivity index (χ0) is 10.4. The van der Waals surface area contributed by atoms with Crippen molar-refractivity contribution in [2.24, 2.45) is 0 Å². The molecule has 0 fully saturated rings. The minimum absolute atomic E-state index is 0.334. The highest BCUT2D eigenvalue weighted by Gasteiger charge is 2.00. The van der Waals surface area contributed by atoms with Crippen LogP contribution >= 0.6 is 15.9 Å². The van der Waals surface area contributed by atoms with Crippen molar-refractivity contribution in [1.29, 1.82) is 0 Å². The predicted molar refractivity (Wildman–Crippen MR) is 61.7 cm³/mol. The number of nitrogens with one attached hydrogen (secondary N) is 1. The van der Waals surface area contributed by atoms with Gasteiger partial charge in [-0.3, -0.25) is 0 Å². The number of rotatable bonds is 4. The van der Waals surface area contributed by atoms with Crippen molar-refractivity contribution in [3.63, 3.8) is 0 Å². The van der Waals surface area contributed by atoms with E-state index in [-0.39, 0.29) is 0 Å². The van der Waals surface area contributed by atoms with Crippen molar-refractivity contribution < 1.29 is 0 Å². The number of aromatic nitrogens is 1. The molecule has 1 unspecified atom stereocenters. The van der Waals surface area contributed by atoms with E-state index in [1.54, 1.807) is 0 Å². The second-order valence-electron chi connectivity index (χ2n) is 3.14. The van der Waals surface area contributed by atoms with Gasteiger partial charge in [-0.1, -0.05) is 6.07 Å². The fourth-order valence-corrected chi connectivity index (χ4v) is 1.46. The summed E-state index contributed by atoms with van der Waals surface area (Å²) < 4.78 is 0.862. The first-order valence-electron chi connectivity index (χ1n) is 4.50. The van der Waals surface area contributed by atoms with Gasteiger partial charge in [0, 0.05) is 19.0 Å². The monoisotopic (exact) mass is 252 g/mol. The summed E-state index contributed by atoms with van der Waals surface area (Å²) in [7, 11) is 0. The molecule has 1 atom stereocenters. The first-order valence-corrected chi connectivity index (χ1v) is 5.30. The largest absolute Gasteiger partial charge is 0.308 e. The molecule has 14 heavy (non-hydrogen) atoms. The second-order valence-corrected chi connectivity index (χ2v) is 3.95. The molecule has 1 heterocycles. The first-order chi connectivity index (χ1) is 6.72. The molecule has 0 amide bonds. The summed E-state index contributed by atoms with van der Waals surface area (Å²) in [5.74, 6) is 2.62. The van der Waals surface area contributed by atoms with Crippen LogP contribution in [0.4, 0.5) is 0 Å². The number of terminal acetylenes is 1. The highest BCUT2D eigenvalue weighted by molar-refractivity contribution is 9.10. The maximum absolute atomic E-state index is 5.21. The topological polar surface area (TPSA) is 24.9 Å². The lowest BCUT2D eigenvalue weighted by Crippen LogP contribution is -2.25. The van der Waals surface area contributed by atoms with Crippen LogP contribution in [0.15, 0.2) is 22.8 Å². The molecular weight excluding hydrogens is 240 g/mol. The van der Waals surface area contributed by atoms with Crippen LogP contribution in [-0.2, 0) is 6.54 Å². The molecule has 0 aliphatic carbocycles. The van der Waals surface area contributed by atoms with Gasteiger partial charge in [0.2, 0.25) is 0 Å². The van der Waals surface area contributed by atoms with Crippen LogP contribution in [0.3, 0.4) is 0 Å². The number of nitrogens with zero attached hydrogens (tertiary/aromatic N) is 1. The molecule has 0 aliphatic rings. The summed E-state index contributed by atoms with van der Waals surface area (Å²) in [4.78, 5) is 4.31. The van der Waals surface area contributed by atoms with Crippen LogP contribution in [-0.4, -0.2) is 11.0 Å². The zero-order valence-electron chi connectivity index (χ0n) is 8.13. The van der Waals surface area contributed by atoms with Crippen molar-refractivity contribution in [2.75, 3.05) is 0 Å². The van der Waals surface area contributed by atoms with Crippen LogP contribution in [0.1, 0.15) is 19.0 Å². The molecule has 0 saturated heterocycles. The molecule has 74 valence electrons. The van der Waals surface area contributed by atoms with Crippen LogP contribution in [0.5, 0.6) is 0 Å². The van der Waals surface area contributed by atoms with E-state index in [1.807, 2.05) is 18.2 Å². The van der Waals surface area contributed by atoms with Crippen LogP contribution in [0.2, 0.25) is 0 Å². The van der Waals surface area contributed by atoms with Gasteiger partial charge in [-0.25, -0.2) is 4.98 Å². The lowest BCUT2D eigenvalue weighted by molar-refractivity contribution is 0.553. The Morgan fingerprint density at radius 3 is 3.07 bits per heavy atom. The Labute approximate surface area is 93.3 Å². The highest BCUT2D eigenvalue weighted by Crippen LogP contribution is 2.06. The summed E-state index contributed by atoms with van der Waals surface area (Å²) in [6.07, 6.45) is 5.95. The molecule has 3 heteroatoms. The van der Waals surface area contributed by atoms with Gasteiger partial charge in [0.05, 0.1) is 5.69 Å². The lowest BCUT2D eigenvalue weighted by atomic mass is 10.2. The van der Waals surface area contributed by atoms with Gasteiger partial charge in [0.25, 0.3) is 0 Å². The van der Waals surface area contributed by atoms with Gasteiger partial charge in [-0.15, -0.1) is 12.3 Å². The minimum atomic E-state index is 0.334. The van der Waals surface area contributed by atoms with Crippen molar-refractivity contribution in [3.05, 3.63) is 28.5 Å². The van der Waals surface area contributed by atoms with E-state index in [0.29, 0.717) is 6.04 Å². The Morgan fingerprint density at radius 2 is 2.43 bits per heavy atom. The zero-order valence-corrected chi connectivity index (χ0v) is 9.71. The van der Waals surface area contributed by atoms with Crippen LogP contribution in [0, 0.1) is 12.3 Å². The summed E-state index contributed by atoms with van der Waals surface area (Å²) >= 11 is 3.33. The standard InChI is InChI=1S/C11H13BrN2/c1-3-5-9(2)13-8-10-6-4-7-11(12)14-10/h1,4,6-7,9,13H,5,8H2,2H3. The van der Waals surface area contributed by atoms with Gasteiger partial charge < -0.3 is 5.32 Å². The summed E-state index contributed by atoms with van der Waals surface area (Å²) in [5, 5.41) is 3.30. The highest BCUT2D eigenvalue weighted by atomic mass is 79.9.